The Kier molecular flexibility index (Phi) is 6.97. The molecule has 0 radical (unpaired) electrons. The summed E-state index contributed by atoms with van der Waals surface area (Å²) in [6.45, 7) is 10.4. The average molecular weight is 467 g/mol. The summed E-state index contributed by atoms with van der Waals surface area (Å²) in [5.74, 6) is -0.332. The molecule has 0 fully saturated rings. The summed E-state index contributed by atoms with van der Waals surface area (Å²) in [6, 6.07) is 20.8. The van der Waals surface area contributed by atoms with Crippen LogP contribution in [0.2, 0.25) is 0 Å². The number of rotatable bonds is 6. The van der Waals surface area contributed by atoms with E-state index in [9.17, 15) is 9.59 Å². The number of amides is 1. The van der Waals surface area contributed by atoms with Crippen LogP contribution in [0.3, 0.4) is 0 Å². The van der Waals surface area contributed by atoms with Crippen molar-refractivity contribution in [3.05, 3.63) is 94.5 Å². The predicted octanol–water partition coefficient (Wildman–Crippen LogP) is 6.89. The van der Waals surface area contributed by atoms with E-state index >= 15 is 0 Å². The zero-order valence-electron chi connectivity index (χ0n) is 20.8. The zero-order valence-corrected chi connectivity index (χ0v) is 20.8. The first-order valence-electron chi connectivity index (χ1n) is 11.8. The van der Waals surface area contributed by atoms with E-state index in [2.05, 4.69) is 11.4 Å². The van der Waals surface area contributed by atoms with E-state index in [-0.39, 0.29) is 17.8 Å². The number of benzene rings is 3. The second kappa shape index (κ2) is 10.1. The Morgan fingerprint density at radius 2 is 1.57 bits per heavy atom. The summed E-state index contributed by atoms with van der Waals surface area (Å²) in [4.78, 5) is 30.5. The van der Waals surface area contributed by atoms with Gasteiger partial charge in [0.25, 0.3) is 5.91 Å². The summed E-state index contributed by atoms with van der Waals surface area (Å²) in [6.07, 6.45) is 0. The van der Waals surface area contributed by atoms with E-state index in [1.165, 1.54) is 0 Å². The second-order valence-corrected chi connectivity index (χ2v) is 9.42. The van der Waals surface area contributed by atoms with Gasteiger partial charge in [-0.3, -0.25) is 4.79 Å². The van der Waals surface area contributed by atoms with E-state index in [1.54, 1.807) is 24.3 Å². The number of fused-ring (bicyclic) bond motifs is 1. The van der Waals surface area contributed by atoms with Crippen LogP contribution in [-0.4, -0.2) is 23.5 Å². The number of pyridine rings is 1. The van der Waals surface area contributed by atoms with Crippen LogP contribution in [0, 0.1) is 26.7 Å². The summed E-state index contributed by atoms with van der Waals surface area (Å²) in [5.41, 5.74) is 7.36. The van der Waals surface area contributed by atoms with Gasteiger partial charge in [-0.1, -0.05) is 55.3 Å². The Bertz CT molecular complexity index is 1390. The van der Waals surface area contributed by atoms with Gasteiger partial charge in [0.2, 0.25) is 0 Å². The van der Waals surface area contributed by atoms with Gasteiger partial charge in [-0.05, 0) is 68.7 Å². The molecule has 0 spiro atoms. The molecule has 1 aromatic heterocycles. The molecule has 4 rings (SSSR count). The first-order valence-corrected chi connectivity index (χ1v) is 11.8. The van der Waals surface area contributed by atoms with Crippen LogP contribution < -0.4 is 5.32 Å². The number of aryl methyl sites for hydroxylation is 3. The lowest BCUT2D eigenvalue weighted by Crippen LogP contribution is -2.14. The largest absolute Gasteiger partial charge is 0.462 e. The van der Waals surface area contributed by atoms with Crippen molar-refractivity contribution in [3.63, 3.8) is 0 Å². The molecule has 5 heteroatoms. The molecule has 178 valence electrons. The highest BCUT2D eigenvalue weighted by atomic mass is 16.5. The molecular formula is C30H30N2O3. The van der Waals surface area contributed by atoms with Crippen molar-refractivity contribution in [1.82, 2.24) is 4.98 Å². The van der Waals surface area contributed by atoms with Crippen LogP contribution in [0.15, 0.2) is 66.7 Å². The lowest BCUT2D eigenvalue weighted by atomic mass is 9.99. The predicted molar refractivity (Wildman–Crippen MR) is 141 cm³/mol. The van der Waals surface area contributed by atoms with Gasteiger partial charge in [0.15, 0.2) is 0 Å². The fourth-order valence-corrected chi connectivity index (χ4v) is 3.95. The molecule has 0 bridgehead atoms. The highest BCUT2D eigenvalue weighted by Crippen LogP contribution is 2.29. The number of carbonyl (C=O) groups excluding carboxylic acids is 2. The van der Waals surface area contributed by atoms with Gasteiger partial charge in [0.05, 0.1) is 28.9 Å². The van der Waals surface area contributed by atoms with Crippen molar-refractivity contribution in [1.29, 1.82) is 0 Å². The van der Waals surface area contributed by atoms with Gasteiger partial charge in [-0.25, -0.2) is 9.78 Å². The number of ether oxygens (including phenoxy) is 1. The van der Waals surface area contributed by atoms with E-state index in [0.29, 0.717) is 23.4 Å². The molecule has 0 aliphatic rings. The molecular weight excluding hydrogens is 436 g/mol. The highest BCUT2D eigenvalue weighted by Gasteiger charge is 2.17. The minimum absolute atomic E-state index is 0.231. The third-order valence-corrected chi connectivity index (χ3v) is 5.77. The number of nitrogens with one attached hydrogen (secondary N) is 1. The Labute approximate surface area is 206 Å². The van der Waals surface area contributed by atoms with Crippen molar-refractivity contribution < 1.29 is 14.3 Å². The number of anilines is 1. The minimum atomic E-state index is -0.370. The molecule has 0 aliphatic heterocycles. The highest BCUT2D eigenvalue weighted by molar-refractivity contribution is 6.13. The number of carbonyl (C=O) groups is 2. The maximum Gasteiger partial charge on any atom is 0.338 e. The Balaban J connectivity index is 1.67. The molecule has 0 aliphatic carbocycles. The van der Waals surface area contributed by atoms with E-state index in [4.69, 9.17) is 9.72 Å². The van der Waals surface area contributed by atoms with Crippen LogP contribution >= 0.6 is 0 Å². The number of nitrogens with zero attached hydrogens (tertiary/aromatic N) is 1. The first kappa shape index (κ1) is 24.1. The standard InChI is InChI=1S/C30H30N2O3/c1-18(2)17-35-30(34)23-10-12-24(13-11-23)31-29(33)26-16-27(22-8-6-19(3)7-9-22)32-28-21(5)14-20(4)15-25(26)28/h6-16,18H,17H2,1-5H3,(H,31,33). The smallest absolute Gasteiger partial charge is 0.338 e. The van der Waals surface area contributed by atoms with Crippen molar-refractivity contribution >= 4 is 28.5 Å². The lowest BCUT2D eigenvalue weighted by Gasteiger charge is -2.13. The summed E-state index contributed by atoms with van der Waals surface area (Å²) in [5, 5.41) is 3.78. The van der Waals surface area contributed by atoms with Crippen LogP contribution in [0.25, 0.3) is 22.2 Å². The summed E-state index contributed by atoms with van der Waals surface area (Å²) in [7, 11) is 0. The molecule has 1 amide bonds. The van der Waals surface area contributed by atoms with Crippen molar-refractivity contribution in [2.45, 2.75) is 34.6 Å². The van der Waals surface area contributed by atoms with E-state index in [0.717, 1.165) is 38.9 Å². The van der Waals surface area contributed by atoms with Crippen LogP contribution in [0.4, 0.5) is 5.69 Å². The van der Waals surface area contributed by atoms with Crippen LogP contribution in [-0.2, 0) is 4.74 Å². The molecule has 1 heterocycles. The fourth-order valence-electron chi connectivity index (χ4n) is 3.95. The molecule has 0 unspecified atom stereocenters. The monoisotopic (exact) mass is 466 g/mol. The number of hydrogen-bond donors (Lipinski definition) is 1. The third-order valence-electron chi connectivity index (χ3n) is 5.77. The number of hydrogen-bond acceptors (Lipinski definition) is 4. The maximum absolute atomic E-state index is 13.5. The van der Waals surface area contributed by atoms with Crippen LogP contribution in [0.1, 0.15) is 51.3 Å². The zero-order chi connectivity index (χ0) is 25.1. The van der Waals surface area contributed by atoms with Gasteiger partial charge in [-0.15, -0.1) is 0 Å². The second-order valence-electron chi connectivity index (χ2n) is 9.42. The maximum atomic E-state index is 13.5. The first-order chi connectivity index (χ1) is 16.7. The normalized spacial score (nSPS) is 11.0. The van der Waals surface area contributed by atoms with Crippen molar-refractivity contribution in [2.24, 2.45) is 5.92 Å². The van der Waals surface area contributed by atoms with E-state index < -0.39 is 0 Å². The number of esters is 1. The van der Waals surface area contributed by atoms with Gasteiger partial charge in [0, 0.05) is 16.6 Å². The molecule has 1 N–H and O–H groups in total. The Morgan fingerprint density at radius 3 is 2.23 bits per heavy atom. The minimum Gasteiger partial charge on any atom is -0.462 e. The van der Waals surface area contributed by atoms with Crippen molar-refractivity contribution in [2.75, 3.05) is 11.9 Å². The molecule has 4 aromatic rings. The van der Waals surface area contributed by atoms with E-state index in [1.807, 2.05) is 71.0 Å². The third kappa shape index (κ3) is 5.57. The topological polar surface area (TPSA) is 68.3 Å². The van der Waals surface area contributed by atoms with Gasteiger partial charge < -0.3 is 10.1 Å². The Morgan fingerprint density at radius 1 is 0.886 bits per heavy atom. The molecule has 0 atom stereocenters. The lowest BCUT2D eigenvalue weighted by molar-refractivity contribution is 0.0459. The Hall–Kier alpha value is -3.99. The SMILES string of the molecule is Cc1ccc(-c2cc(C(=O)Nc3ccc(C(=O)OCC(C)C)cc3)c3cc(C)cc(C)c3n2)cc1. The molecule has 3 aromatic carbocycles. The van der Waals surface area contributed by atoms with Gasteiger partial charge >= 0.3 is 5.97 Å². The van der Waals surface area contributed by atoms with Gasteiger partial charge in [-0.2, -0.15) is 0 Å². The number of aromatic nitrogens is 1. The van der Waals surface area contributed by atoms with Crippen molar-refractivity contribution in [3.8, 4) is 11.3 Å². The molecule has 0 saturated heterocycles. The molecule has 0 saturated carbocycles. The van der Waals surface area contributed by atoms with Crippen LogP contribution in [0.5, 0.6) is 0 Å². The summed E-state index contributed by atoms with van der Waals surface area (Å²) >= 11 is 0. The fraction of sp³-hybridized carbons (Fsp3) is 0.233. The molecule has 35 heavy (non-hydrogen) atoms. The average Bonchev–Trinajstić information content (AvgIpc) is 2.83. The van der Waals surface area contributed by atoms with Gasteiger partial charge in [0.1, 0.15) is 0 Å². The summed E-state index contributed by atoms with van der Waals surface area (Å²) < 4.78 is 5.28. The quantitative estimate of drug-likeness (QED) is 0.314. The molecule has 5 nitrogen and oxygen atoms in total.